The first-order chi connectivity index (χ1) is 15.9. The van der Waals surface area contributed by atoms with Gasteiger partial charge in [-0.3, -0.25) is 4.99 Å². The summed E-state index contributed by atoms with van der Waals surface area (Å²) in [5.74, 6) is 0.348. The topological polar surface area (TPSA) is 12.4 Å². The van der Waals surface area contributed by atoms with Crippen LogP contribution >= 0.6 is 23.5 Å². The first-order valence-corrected chi connectivity index (χ1v) is 12.8. The fraction of sp³-hybridized carbons (Fsp3) is 0.138. The third-order valence-corrected chi connectivity index (χ3v) is 8.48. The first kappa shape index (κ1) is 21.1. The number of hydrogen-bond acceptors (Lipinski definition) is 3. The molecule has 0 saturated carbocycles. The molecular formula is C29H25NS2. The summed E-state index contributed by atoms with van der Waals surface area (Å²) >= 11 is 3.92. The smallest absolute Gasteiger partial charge is 0.0680 e. The predicted molar refractivity (Wildman–Crippen MR) is 139 cm³/mol. The molecule has 0 N–H and O–H groups in total. The van der Waals surface area contributed by atoms with Crippen molar-refractivity contribution in [2.45, 2.75) is 27.2 Å². The lowest BCUT2D eigenvalue weighted by atomic mass is 9.82. The minimum Gasteiger partial charge on any atom is -0.252 e. The number of rotatable bonds is 6. The normalized spacial score (nSPS) is 16.8. The Morgan fingerprint density at radius 3 is 1.78 bits per heavy atom. The van der Waals surface area contributed by atoms with Gasteiger partial charge < -0.3 is 0 Å². The Bertz CT molecular complexity index is 1130. The molecule has 1 unspecified atom stereocenters. The van der Waals surface area contributed by atoms with Gasteiger partial charge in [-0.2, -0.15) is 0 Å². The maximum absolute atomic E-state index is 5.23. The van der Waals surface area contributed by atoms with Crippen molar-refractivity contribution in [3.63, 3.8) is 0 Å². The molecule has 1 atom stereocenters. The maximum Gasteiger partial charge on any atom is 0.0680 e. The number of aliphatic imine (C=N–C) groups is 1. The summed E-state index contributed by atoms with van der Waals surface area (Å²) in [6.45, 7) is 0. The number of hydrogen-bond donors (Lipinski definition) is 0. The van der Waals surface area contributed by atoms with E-state index in [4.69, 9.17) is 4.99 Å². The third-order valence-electron chi connectivity index (χ3n) is 5.69. The van der Waals surface area contributed by atoms with E-state index in [2.05, 4.69) is 115 Å². The molecule has 3 heteroatoms. The minimum atomic E-state index is 0.329. The van der Waals surface area contributed by atoms with Crippen LogP contribution < -0.4 is 0 Å². The van der Waals surface area contributed by atoms with Gasteiger partial charge in [0.15, 0.2) is 0 Å². The van der Waals surface area contributed by atoms with E-state index >= 15 is 0 Å². The summed E-state index contributed by atoms with van der Waals surface area (Å²) in [4.78, 5) is 7.84. The highest BCUT2D eigenvalue weighted by Gasteiger charge is 2.33. The Labute approximate surface area is 199 Å². The van der Waals surface area contributed by atoms with Crippen molar-refractivity contribution in [2.24, 2.45) is 10.9 Å². The summed E-state index contributed by atoms with van der Waals surface area (Å²) in [5, 5.41) is 0. The van der Waals surface area contributed by atoms with Crippen LogP contribution in [0.25, 0.3) is 0 Å². The summed E-state index contributed by atoms with van der Waals surface area (Å²) in [6, 6.07) is 40.7. The van der Waals surface area contributed by atoms with Gasteiger partial charge in [0, 0.05) is 15.7 Å². The summed E-state index contributed by atoms with van der Waals surface area (Å²) in [5.41, 5.74) is 4.96. The predicted octanol–water partition coefficient (Wildman–Crippen LogP) is 8.28. The molecule has 158 valence electrons. The van der Waals surface area contributed by atoms with Crippen molar-refractivity contribution in [3.05, 3.63) is 126 Å². The molecule has 1 aliphatic carbocycles. The first-order valence-electron chi connectivity index (χ1n) is 11.0. The molecule has 0 radical (unpaired) electrons. The number of fused-ring (bicyclic) bond motifs is 1. The van der Waals surface area contributed by atoms with Crippen LogP contribution in [0.5, 0.6) is 0 Å². The molecule has 4 aromatic carbocycles. The molecule has 0 saturated heterocycles. The van der Waals surface area contributed by atoms with E-state index in [-0.39, 0.29) is 0 Å². The zero-order valence-electron chi connectivity index (χ0n) is 17.8. The van der Waals surface area contributed by atoms with Crippen molar-refractivity contribution in [1.82, 2.24) is 0 Å². The SMILES string of the molecule is c1ccc(/N=C2\c3ccccc3CCC2C(Sc2ccccc2)Sc2ccccc2)cc1. The second kappa shape index (κ2) is 10.2. The van der Waals surface area contributed by atoms with E-state index in [0.717, 1.165) is 18.5 Å². The molecular weight excluding hydrogens is 426 g/mol. The average Bonchev–Trinajstić information content (AvgIpc) is 2.86. The monoisotopic (exact) mass is 451 g/mol. The Morgan fingerprint density at radius 2 is 1.16 bits per heavy atom. The lowest BCUT2D eigenvalue weighted by molar-refractivity contribution is 0.654. The van der Waals surface area contributed by atoms with Crippen LogP contribution in [0.3, 0.4) is 0 Å². The second-order valence-electron chi connectivity index (χ2n) is 7.87. The molecule has 0 bridgehead atoms. The highest BCUT2D eigenvalue weighted by atomic mass is 32.2. The third kappa shape index (κ3) is 5.01. The number of thioether (sulfide) groups is 2. The Hall–Kier alpha value is -2.75. The van der Waals surface area contributed by atoms with E-state index < -0.39 is 0 Å². The van der Waals surface area contributed by atoms with Crippen LogP contribution in [0.2, 0.25) is 0 Å². The molecule has 0 fully saturated rings. The van der Waals surface area contributed by atoms with Gasteiger partial charge in [-0.1, -0.05) is 78.9 Å². The van der Waals surface area contributed by atoms with E-state index in [0.29, 0.717) is 10.5 Å². The van der Waals surface area contributed by atoms with E-state index in [1.807, 2.05) is 23.5 Å². The van der Waals surface area contributed by atoms with Crippen LogP contribution in [0.15, 0.2) is 130 Å². The molecule has 1 nitrogen and oxygen atoms in total. The fourth-order valence-electron chi connectivity index (χ4n) is 4.14. The van der Waals surface area contributed by atoms with Crippen LogP contribution in [0.4, 0.5) is 5.69 Å². The number of nitrogens with zero attached hydrogens (tertiary/aromatic N) is 1. The van der Waals surface area contributed by atoms with Gasteiger partial charge in [0.2, 0.25) is 0 Å². The molecule has 32 heavy (non-hydrogen) atoms. The zero-order valence-corrected chi connectivity index (χ0v) is 19.4. The highest BCUT2D eigenvalue weighted by Crippen LogP contribution is 2.45. The zero-order chi connectivity index (χ0) is 21.6. The van der Waals surface area contributed by atoms with Crippen molar-refractivity contribution in [3.8, 4) is 0 Å². The van der Waals surface area contributed by atoms with E-state index in [9.17, 15) is 0 Å². The van der Waals surface area contributed by atoms with E-state index in [1.54, 1.807) is 0 Å². The molecule has 0 aliphatic heterocycles. The fourth-order valence-corrected chi connectivity index (χ4v) is 7.02. The van der Waals surface area contributed by atoms with Crippen molar-refractivity contribution >= 4 is 34.9 Å². The van der Waals surface area contributed by atoms with Crippen LogP contribution in [-0.2, 0) is 6.42 Å². The maximum atomic E-state index is 5.23. The van der Waals surface area contributed by atoms with Crippen LogP contribution in [-0.4, -0.2) is 10.3 Å². The quantitative estimate of drug-likeness (QED) is 0.216. The lowest BCUT2D eigenvalue weighted by Crippen LogP contribution is -2.30. The van der Waals surface area contributed by atoms with Crippen molar-refractivity contribution in [1.29, 1.82) is 0 Å². The number of aryl methyl sites for hydroxylation is 1. The van der Waals surface area contributed by atoms with Crippen LogP contribution in [0.1, 0.15) is 17.5 Å². The highest BCUT2D eigenvalue weighted by molar-refractivity contribution is 8.17. The molecule has 0 spiro atoms. The van der Waals surface area contributed by atoms with Gasteiger partial charge in [0.05, 0.1) is 16.0 Å². The molecule has 0 amide bonds. The van der Waals surface area contributed by atoms with Gasteiger partial charge in [0.25, 0.3) is 0 Å². The lowest BCUT2D eigenvalue weighted by Gasteiger charge is -2.32. The van der Waals surface area contributed by atoms with Crippen molar-refractivity contribution < 1.29 is 0 Å². The Kier molecular flexibility index (Phi) is 6.76. The average molecular weight is 452 g/mol. The van der Waals surface area contributed by atoms with Gasteiger partial charge in [-0.05, 0) is 60.4 Å². The number of para-hydroxylation sites is 1. The molecule has 0 heterocycles. The number of benzene rings is 4. The molecule has 5 rings (SSSR count). The standard InChI is InChI=1S/C29H25NS2/c1-4-13-23(14-5-1)30-28-26-19-11-10-12-22(26)20-21-27(28)29(31-24-15-6-2-7-16-24)32-25-17-8-3-9-18-25/h1-19,27,29H,20-21H2/b30-28+. The van der Waals surface area contributed by atoms with Gasteiger partial charge in [0.1, 0.15) is 0 Å². The van der Waals surface area contributed by atoms with E-state index in [1.165, 1.54) is 26.6 Å². The Morgan fingerprint density at radius 1 is 0.625 bits per heavy atom. The minimum absolute atomic E-state index is 0.329. The van der Waals surface area contributed by atoms with Gasteiger partial charge >= 0.3 is 0 Å². The molecule has 4 aromatic rings. The summed E-state index contributed by atoms with van der Waals surface area (Å²) < 4.78 is 0.329. The molecule has 0 aromatic heterocycles. The van der Waals surface area contributed by atoms with Crippen LogP contribution in [0, 0.1) is 5.92 Å². The molecule has 1 aliphatic rings. The van der Waals surface area contributed by atoms with Gasteiger partial charge in [-0.15, -0.1) is 23.5 Å². The second-order valence-corrected chi connectivity index (χ2v) is 10.6. The largest absolute Gasteiger partial charge is 0.252 e. The summed E-state index contributed by atoms with van der Waals surface area (Å²) in [6.07, 6.45) is 2.20. The summed E-state index contributed by atoms with van der Waals surface area (Å²) in [7, 11) is 0. The van der Waals surface area contributed by atoms with Crippen molar-refractivity contribution in [2.75, 3.05) is 0 Å². The van der Waals surface area contributed by atoms with Gasteiger partial charge in [-0.25, -0.2) is 0 Å². The Balaban J connectivity index is 1.57.